The maximum absolute atomic E-state index is 6.05. The Bertz CT molecular complexity index is 411. The molecule has 1 aromatic rings. The number of anilines is 1. The van der Waals surface area contributed by atoms with Crippen LogP contribution in [0.5, 0.6) is 0 Å². The van der Waals surface area contributed by atoms with Crippen molar-refractivity contribution >= 4 is 33.4 Å². The average molecular weight is 359 g/mol. The lowest BCUT2D eigenvalue weighted by Crippen LogP contribution is -2.33. The molecule has 0 aliphatic heterocycles. The van der Waals surface area contributed by atoms with Gasteiger partial charge in [0, 0.05) is 35.0 Å². The molecule has 0 saturated carbocycles. The molecule has 114 valence electrons. The molecular weight excluding hydrogens is 332 g/mol. The second-order valence-corrected chi connectivity index (χ2v) is 7.04. The maximum atomic E-state index is 6.05. The van der Waals surface area contributed by atoms with Crippen molar-refractivity contribution < 1.29 is 0 Å². The molecule has 0 amide bonds. The molecule has 2 N–H and O–H groups in total. The zero-order chi connectivity index (χ0) is 15.1. The zero-order valence-electron chi connectivity index (χ0n) is 13.0. The summed E-state index contributed by atoms with van der Waals surface area (Å²) < 4.78 is 1.17. The summed E-state index contributed by atoms with van der Waals surface area (Å²) in [7, 11) is 2.18. The molecule has 2 atom stereocenters. The zero-order valence-corrected chi connectivity index (χ0v) is 15.4. The number of halogens is 1. The Morgan fingerprint density at radius 1 is 1.30 bits per heavy atom. The molecule has 0 aliphatic rings. The number of nitrogens with two attached hydrogens (primary N) is 1. The summed E-state index contributed by atoms with van der Waals surface area (Å²) >= 11 is 5.60. The second kappa shape index (κ2) is 8.96. The van der Waals surface area contributed by atoms with Crippen LogP contribution in [0.25, 0.3) is 0 Å². The van der Waals surface area contributed by atoms with Crippen LogP contribution in [-0.4, -0.2) is 31.1 Å². The molecule has 0 aromatic heterocycles. The summed E-state index contributed by atoms with van der Waals surface area (Å²) in [4.78, 5) is 2.38. The second-order valence-electron chi connectivity index (χ2n) is 5.28. The molecule has 1 aromatic carbocycles. The highest BCUT2D eigenvalue weighted by Gasteiger charge is 2.14. The molecule has 0 fully saturated rings. The lowest BCUT2D eigenvalue weighted by Gasteiger charge is -2.29. The molecule has 0 aliphatic carbocycles. The van der Waals surface area contributed by atoms with Gasteiger partial charge in [0.25, 0.3) is 0 Å². The summed E-state index contributed by atoms with van der Waals surface area (Å²) in [6, 6.07) is 7.47. The van der Waals surface area contributed by atoms with Crippen LogP contribution in [0.15, 0.2) is 22.7 Å². The smallest absolute Gasteiger partial charge is 0.0377 e. The molecule has 0 spiro atoms. The Morgan fingerprint density at radius 2 is 2.00 bits per heavy atom. The maximum Gasteiger partial charge on any atom is 0.0377 e. The van der Waals surface area contributed by atoms with Gasteiger partial charge in [-0.15, -0.1) is 0 Å². The van der Waals surface area contributed by atoms with Gasteiger partial charge in [0.15, 0.2) is 0 Å². The third-order valence-corrected chi connectivity index (χ3v) is 5.28. The van der Waals surface area contributed by atoms with Crippen molar-refractivity contribution in [3.05, 3.63) is 28.2 Å². The quantitative estimate of drug-likeness (QED) is 0.750. The molecular formula is C16H27BrN2S. The van der Waals surface area contributed by atoms with Crippen LogP contribution in [0.2, 0.25) is 0 Å². The lowest BCUT2D eigenvalue weighted by molar-refractivity contribution is 0.644. The largest absolute Gasteiger partial charge is 0.371 e. The lowest BCUT2D eigenvalue weighted by atomic mass is 10.0. The van der Waals surface area contributed by atoms with E-state index in [9.17, 15) is 0 Å². The van der Waals surface area contributed by atoms with Gasteiger partial charge in [-0.05, 0) is 43.2 Å². The van der Waals surface area contributed by atoms with E-state index in [-0.39, 0.29) is 6.04 Å². The third-order valence-electron chi connectivity index (χ3n) is 3.83. The Hall–Kier alpha value is -0.190. The minimum Gasteiger partial charge on any atom is -0.371 e. The Labute approximate surface area is 136 Å². The van der Waals surface area contributed by atoms with Crippen LogP contribution >= 0.6 is 27.7 Å². The van der Waals surface area contributed by atoms with Crippen molar-refractivity contribution in [1.29, 1.82) is 0 Å². The van der Waals surface area contributed by atoms with E-state index in [4.69, 9.17) is 5.73 Å². The highest BCUT2D eigenvalue weighted by molar-refractivity contribution is 9.10. The van der Waals surface area contributed by atoms with Crippen LogP contribution in [0.3, 0.4) is 0 Å². The highest BCUT2D eigenvalue weighted by Crippen LogP contribution is 2.27. The fourth-order valence-electron chi connectivity index (χ4n) is 2.25. The normalized spacial score (nSPS) is 14.1. The van der Waals surface area contributed by atoms with Gasteiger partial charge in [-0.1, -0.05) is 35.8 Å². The first-order valence-electron chi connectivity index (χ1n) is 7.29. The Morgan fingerprint density at radius 3 is 2.50 bits per heavy atom. The van der Waals surface area contributed by atoms with Crippen LogP contribution < -0.4 is 10.6 Å². The van der Waals surface area contributed by atoms with E-state index < -0.39 is 0 Å². The summed E-state index contributed by atoms with van der Waals surface area (Å²) in [6.07, 6.45) is 5.28. The highest BCUT2D eigenvalue weighted by atomic mass is 79.9. The van der Waals surface area contributed by atoms with Crippen molar-refractivity contribution in [2.75, 3.05) is 24.0 Å². The first-order valence-corrected chi connectivity index (χ1v) is 9.47. The van der Waals surface area contributed by atoms with E-state index in [1.54, 1.807) is 0 Å². The van der Waals surface area contributed by atoms with Crippen molar-refractivity contribution in [1.82, 2.24) is 0 Å². The molecule has 0 saturated heterocycles. The molecule has 0 heterocycles. The third kappa shape index (κ3) is 4.97. The molecule has 0 bridgehead atoms. The number of hydrogen-bond donors (Lipinski definition) is 1. The van der Waals surface area contributed by atoms with Gasteiger partial charge in [0.1, 0.15) is 0 Å². The standard InChI is InChI=1S/C16H27BrN2S/c1-5-13(18)9-12-7-8-15(10-16(12)17)19(3)14(6-2)11-20-4/h7-8,10,13-14H,5-6,9,11,18H2,1-4H3. The average Bonchev–Trinajstić information content (AvgIpc) is 2.45. The number of hydrogen-bond acceptors (Lipinski definition) is 3. The molecule has 1 rings (SSSR count). The molecule has 2 nitrogen and oxygen atoms in total. The van der Waals surface area contributed by atoms with E-state index in [0.717, 1.165) is 25.0 Å². The monoisotopic (exact) mass is 358 g/mol. The van der Waals surface area contributed by atoms with Crippen molar-refractivity contribution in [2.24, 2.45) is 5.73 Å². The number of rotatable bonds is 8. The first kappa shape index (κ1) is 17.9. The molecule has 0 radical (unpaired) electrons. The SMILES string of the molecule is CCC(N)Cc1ccc(N(C)C(CC)CSC)cc1Br. The fraction of sp³-hybridized carbons (Fsp3) is 0.625. The fourth-order valence-corrected chi connectivity index (χ4v) is 3.63. The van der Waals surface area contributed by atoms with Crippen molar-refractivity contribution in [2.45, 2.75) is 45.2 Å². The summed E-state index contributed by atoms with van der Waals surface area (Å²) in [5.41, 5.74) is 8.62. The van der Waals surface area contributed by atoms with Crippen LogP contribution in [-0.2, 0) is 6.42 Å². The van der Waals surface area contributed by atoms with Gasteiger partial charge in [-0.3, -0.25) is 0 Å². The van der Waals surface area contributed by atoms with E-state index in [2.05, 4.69) is 66.2 Å². The summed E-state index contributed by atoms with van der Waals surface area (Å²) in [5.74, 6) is 1.16. The van der Waals surface area contributed by atoms with Crippen LogP contribution in [0, 0.1) is 0 Å². The van der Waals surface area contributed by atoms with Gasteiger partial charge in [-0.25, -0.2) is 0 Å². The molecule has 4 heteroatoms. The number of thioether (sulfide) groups is 1. The van der Waals surface area contributed by atoms with Crippen molar-refractivity contribution in [3.63, 3.8) is 0 Å². The predicted octanol–water partition coefficient (Wildman–Crippen LogP) is 4.31. The van der Waals surface area contributed by atoms with E-state index >= 15 is 0 Å². The first-order chi connectivity index (χ1) is 9.53. The van der Waals surface area contributed by atoms with Gasteiger partial charge in [0.05, 0.1) is 0 Å². The summed E-state index contributed by atoms with van der Waals surface area (Å²) in [6.45, 7) is 4.38. The van der Waals surface area contributed by atoms with E-state index in [0.29, 0.717) is 6.04 Å². The topological polar surface area (TPSA) is 29.3 Å². The van der Waals surface area contributed by atoms with Crippen LogP contribution in [0.4, 0.5) is 5.69 Å². The number of nitrogens with zero attached hydrogens (tertiary/aromatic N) is 1. The Balaban J connectivity index is 2.85. The van der Waals surface area contributed by atoms with Crippen molar-refractivity contribution in [3.8, 4) is 0 Å². The minimum absolute atomic E-state index is 0.245. The van der Waals surface area contributed by atoms with Gasteiger partial charge in [-0.2, -0.15) is 11.8 Å². The predicted molar refractivity (Wildman–Crippen MR) is 97.0 cm³/mol. The van der Waals surface area contributed by atoms with E-state index in [1.807, 2.05) is 11.8 Å². The van der Waals surface area contributed by atoms with Gasteiger partial charge in [0.2, 0.25) is 0 Å². The van der Waals surface area contributed by atoms with E-state index in [1.165, 1.54) is 15.7 Å². The van der Waals surface area contributed by atoms with Gasteiger partial charge < -0.3 is 10.6 Å². The molecule has 20 heavy (non-hydrogen) atoms. The minimum atomic E-state index is 0.245. The van der Waals surface area contributed by atoms with Gasteiger partial charge >= 0.3 is 0 Å². The molecule has 2 unspecified atom stereocenters. The Kier molecular flexibility index (Phi) is 8.00. The summed E-state index contributed by atoms with van der Waals surface area (Å²) in [5, 5.41) is 0. The number of benzene rings is 1. The van der Waals surface area contributed by atoms with Crippen LogP contribution in [0.1, 0.15) is 32.3 Å².